The van der Waals surface area contributed by atoms with Gasteiger partial charge in [0.15, 0.2) is 16.6 Å². The molecule has 1 aliphatic carbocycles. The minimum atomic E-state index is -0.862. The highest BCUT2D eigenvalue weighted by atomic mass is 32.2. The van der Waals surface area contributed by atoms with Gasteiger partial charge in [0.2, 0.25) is 5.91 Å². The molecule has 1 aliphatic rings. The number of aliphatic imine (C=N–C) groups is 1. The predicted molar refractivity (Wildman–Crippen MR) is 86.5 cm³/mol. The molecule has 0 spiro atoms. The number of thioether (sulfide) groups is 1. The van der Waals surface area contributed by atoms with Crippen LogP contribution >= 0.6 is 11.8 Å². The maximum atomic E-state index is 13.3. The van der Waals surface area contributed by atoms with Gasteiger partial charge in [-0.3, -0.25) is 20.5 Å². The fourth-order valence-corrected chi connectivity index (χ4v) is 3.19. The Morgan fingerprint density at radius 3 is 3.08 bits per heavy atom. The Kier molecular flexibility index (Phi) is 4.97. The first-order chi connectivity index (χ1) is 12.0. The van der Waals surface area contributed by atoms with Crippen LogP contribution in [0.15, 0.2) is 32.8 Å². The second kappa shape index (κ2) is 7.17. The number of fused-ring (bicyclic) bond motifs is 1. The van der Waals surface area contributed by atoms with Crippen molar-refractivity contribution in [2.45, 2.75) is 23.5 Å². The van der Waals surface area contributed by atoms with Crippen molar-refractivity contribution in [2.75, 3.05) is 5.75 Å². The van der Waals surface area contributed by atoms with E-state index >= 15 is 0 Å². The second-order valence-corrected chi connectivity index (χ2v) is 6.40. The lowest BCUT2D eigenvalue weighted by atomic mass is 9.83. The molecule has 2 atom stereocenters. The molecular formula is C14H15FN6O3S. The van der Waals surface area contributed by atoms with Gasteiger partial charge in [-0.25, -0.2) is 9.02 Å². The third-order valence-corrected chi connectivity index (χ3v) is 4.79. The molecule has 0 saturated carbocycles. The molecule has 2 aromatic rings. The Labute approximate surface area is 145 Å². The van der Waals surface area contributed by atoms with E-state index in [1.54, 1.807) is 6.07 Å². The topological polar surface area (TPSA) is 153 Å². The van der Waals surface area contributed by atoms with Gasteiger partial charge in [0.1, 0.15) is 5.82 Å². The summed E-state index contributed by atoms with van der Waals surface area (Å²) in [6.07, 6.45) is 0.612. The number of primary amides is 1. The number of aromatic nitrogens is 2. The van der Waals surface area contributed by atoms with Gasteiger partial charge in [0.25, 0.3) is 0 Å². The number of amides is 1. The summed E-state index contributed by atoms with van der Waals surface area (Å²) in [4.78, 5) is 15.3. The number of amidine groups is 1. The summed E-state index contributed by atoms with van der Waals surface area (Å²) in [6.45, 7) is 0. The summed E-state index contributed by atoms with van der Waals surface area (Å²) < 4.78 is 18.0. The van der Waals surface area contributed by atoms with Crippen LogP contribution in [0.4, 0.5) is 4.39 Å². The van der Waals surface area contributed by atoms with Crippen LogP contribution in [0.2, 0.25) is 0 Å². The zero-order valence-electron chi connectivity index (χ0n) is 12.8. The molecule has 0 fully saturated rings. The standard InChI is InChI=1S/C14H15FN6O3S/c15-7-2-1-6-3-10(8(6)4-7)18-13(19-23)11-14(21-24-20-11)25-5-9(16)12(17)22/h1-2,4,9-10,23H,3,5,16H2,(H2,17,22)(H,18,19)/t9-,10-/m0/s1. The fraction of sp³-hybridized carbons (Fsp3) is 0.286. The van der Waals surface area contributed by atoms with Crippen molar-refractivity contribution < 1.29 is 19.0 Å². The summed E-state index contributed by atoms with van der Waals surface area (Å²) in [7, 11) is 0. The zero-order chi connectivity index (χ0) is 18.0. The van der Waals surface area contributed by atoms with Crippen LogP contribution in [0.1, 0.15) is 22.9 Å². The lowest BCUT2D eigenvalue weighted by Crippen LogP contribution is -2.38. The number of nitrogens with one attached hydrogen (secondary N) is 1. The maximum Gasteiger partial charge on any atom is 0.235 e. The molecule has 0 bridgehead atoms. The number of benzene rings is 1. The van der Waals surface area contributed by atoms with Crippen LogP contribution in [-0.2, 0) is 11.2 Å². The maximum absolute atomic E-state index is 13.3. The molecule has 1 aromatic carbocycles. The van der Waals surface area contributed by atoms with Gasteiger partial charge < -0.3 is 11.5 Å². The highest BCUT2D eigenvalue weighted by Crippen LogP contribution is 2.37. The molecule has 1 amide bonds. The molecule has 1 heterocycles. The summed E-state index contributed by atoms with van der Waals surface area (Å²) in [5, 5.41) is 17.1. The number of carbonyl (C=O) groups excluding carboxylic acids is 1. The lowest BCUT2D eigenvalue weighted by molar-refractivity contribution is -0.118. The van der Waals surface area contributed by atoms with E-state index in [4.69, 9.17) is 11.5 Å². The monoisotopic (exact) mass is 366 g/mol. The van der Waals surface area contributed by atoms with E-state index in [0.717, 1.165) is 22.9 Å². The third kappa shape index (κ3) is 3.62. The van der Waals surface area contributed by atoms with Crippen molar-refractivity contribution >= 4 is 23.5 Å². The number of carbonyl (C=O) groups is 1. The van der Waals surface area contributed by atoms with Gasteiger partial charge in [0.05, 0.1) is 12.1 Å². The molecule has 0 aliphatic heterocycles. The molecule has 1 aromatic heterocycles. The van der Waals surface area contributed by atoms with Crippen LogP contribution < -0.4 is 16.9 Å². The number of nitrogens with zero attached hydrogens (tertiary/aromatic N) is 3. The van der Waals surface area contributed by atoms with Gasteiger partial charge in [-0.15, -0.1) is 0 Å². The molecule has 9 nitrogen and oxygen atoms in total. The van der Waals surface area contributed by atoms with Crippen LogP contribution in [0.25, 0.3) is 0 Å². The summed E-state index contributed by atoms with van der Waals surface area (Å²) in [5.74, 6) is -0.812. The molecule has 6 N–H and O–H groups in total. The van der Waals surface area contributed by atoms with Gasteiger partial charge in [-0.2, -0.15) is 0 Å². The summed E-state index contributed by atoms with van der Waals surface area (Å²) in [5.41, 5.74) is 14.5. The van der Waals surface area contributed by atoms with Crippen molar-refractivity contribution in [2.24, 2.45) is 16.5 Å². The molecule has 25 heavy (non-hydrogen) atoms. The highest BCUT2D eigenvalue weighted by molar-refractivity contribution is 7.99. The van der Waals surface area contributed by atoms with Crippen LogP contribution in [-0.4, -0.2) is 39.1 Å². The Hall–Kier alpha value is -2.50. The van der Waals surface area contributed by atoms with Crippen molar-refractivity contribution in [1.82, 2.24) is 15.8 Å². The molecule has 11 heteroatoms. The molecule has 0 unspecified atom stereocenters. The number of nitrogens with two attached hydrogens (primary N) is 2. The average molecular weight is 366 g/mol. The smallest absolute Gasteiger partial charge is 0.235 e. The van der Waals surface area contributed by atoms with Gasteiger partial charge in [-0.1, -0.05) is 17.8 Å². The third-order valence-electron chi connectivity index (χ3n) is 3.72. The number of hydroxylamine groups is 1. The Morgan fingerprint density at radius 2 is 2.36 bits per heavy atom. The lowest BCUT2D eigenvalue weighted by Gasteiger charge is -2.27. The van der Waals surface area contributed by atoms with Crippen molar-refractivity contribution in [3.8, 4) is 0 Å². The average Bonchev–Trinajstić information content (AvgIpc) is 3.04. The summed E-state index contributed by atoms with van der Waals surface area (Å²) >= 11 is 1.09. The first-order valence-corrected chi connectivity index (χ1v) is 8.25. The Morgan fingerprint density at radius 1 is 1.56 bits per heavy atom. The van der Waals surface area contributed by atoms with E-state index in [9.17, 15) is 14.4 Å². The minimum Gasteiger partial charge on any atom is -0.368 e. The van der Waals surface area contributed by atoms with E-state index in [-0.39, 0.29) is 34.2 Å². The number of hydrogen-bond donors (Lipinski definition) is 4. The first kappa shape index (κ1) is 17.3. The number of hydrogen-bond acceptors (Lipinski definition) is 8. The molecule has 0 saturated heterocycles. The molecule has 3 rings (SSSR count). The van der Waals surface area contributed by atoms with Gasteiger partial charge >= 0.3 is 0 Å². The van der Waals surface area contributed by atoms with Crippen molar-refractivity contribution in [1.29, 1.82) is 0 Å². The van der Waals surface area contributed by atoms with Crippen LogP contribution in [0.3, 0.4) is 0 Å². The van der Waals surface area contributed by atoms with Crippen LogP contribution in [0.5, 0.6) is 0 Å². The van der Waals surface area contributed by atoms with Crippen LogP contribution in [0, 0.1) is 5.82 Å². The van der Waals surface area contributed by atoms with E-state index in [2.05, 4.69) is 19.9 Å². The van der Waals surface area contributed by atoms with Crippen molar-refractivity contribution in [3.63, 3.8) is 0 Å². The predicted octanol–water partition coefficient (Wildman–Crippen LogP) is 0.136. The quantitative estimate of drug-likeness (QED) is 0.244. The number of rotatable bonds is 6. The molecule has 132 valence electrons. The molecular weight excluding hydrogens is 351 g/mol. The Bertz CT molecular complexity index is 827. The Balaban J connectivity index is 1.78. The van der Waals surface area contributed by atoms with E-state index in [1.165, 1.54) is 12.1 Å². The van der Waals surface area contributed by atoms with Gasteiger partial charge in [0, 0.05) is 5.75 Å². The van der Waals surface area contributed by atoms with Gasteiger partial charge in [-0.05, 0) is 40.0 Å². The molecule has 0 radical (unpaired) electrons. The van der Waals surface area contributed by atoms with Crippen molar-refractivity contribution in [3.05, 3.63) is 40.8 Å². The van der Waals surface area contributed by atoms with E-state index in [1.807, 2.05) is 5.48 Å². The highest BCUT2D eigenvalue weighted by Gasteiger charge is 2.28. The first-order valence-electron chi connectivity index (χ1n) is 7.26. The number of halogens is 1. The summed E-state index contributed by atoms with van der Waals surface area (Å²) in [6, 6.07) is 3.32. The second-order valence-electron chi connectivity index (χ2n) is 5.39. The minimum absolute atomic E-state index is 0.0244. The SMILES string of the molecule is NC(=O)[C@@H](N)CSc1nonc1C(=N[C@H]1Cc2ccc(F)cc21)NO. The largest absolute Gasteiger partial charge is 0.368 e. The van der Waals surface area contributed by atoms with E-state index < -0.39 is 11.9 Å². The zero-order valence-corrected chi connectivity index (χ0v) is 13.7. The normalized spacial score (nSPS) is 17.6. The fourth-order valence-electron chi connectivity index (χ4n) is 2.33. The van der Waals surface area contributed by atoms with E-state index in [0.29, 0.717) is 6.42 Å².